The molecule has 0 bridgehead atoms. The number of esters is 2. The van der Waals surface area contributed by atoms with Gasteiger partial charge in [0, 0.05) is 82.7 Å². The van der Waals surface area contributed by atoms with E-state index < -0.39 is 159 Å². The number of aliphatic hydroxyl groups is 1. The van der Waals surface area contributed by atoms with Crippen molar-refractivity contribution in [3.8, 4) is 11.1 Å². The van der Waals surface area contributed by atoms with E-state index in [1.54, 1.807) is 77.5 Å². The van der Waals surface area contributed by atoms with Crippen LogP contribution in [0.3, 0.4) is 0 Å². The van der Waals surface area contributed by atoms with Crippen LogP contribution in [0.2, 0.25) is 25.7 Å². The fraction of sp³-hybridized carbons (Fsp3) is 0.453. The number of nitrogens with one attached hydrogen (secondary N) is 8. The van der Waals surface area contributed by atoms with Crippen LogP contribution < -0.4 is 48.3 Å². The van der Waals surface area contributed by atoms with E-state index in [1.807, 2.05) is 51.1 Å². The molecule has 0 aliphatic carbocycles. The molecule has 1 aromatic heterocycles. The molecule has 0 radical (unpaired) electrons. The molecule has 0 unspecified atom stereocenters. The number of ether oxygens (including phenoxy) is 3. The van der Waals surface area contributed by atoms with E-state index in [0.29, 0.717) is 30.7 Å². The van der Waals surface area contributed by atoms with Crippen molar-refractivity contribution in [1.29, 1.82) is 0 Å². The summed E-state index contributed by atoms with van der Waals surface area (Å²) < 4.78 is 48.5. The minimum atomic E-state index is -1.48. The van der Waals surface area contributed by atoms with E-state index in [2.05, 4.69) is 68.8 Å². The van der Waals surface area contributed by atoms with Crippen LogP contribution >= 0.6 is 0 Å². The Morgan fingerprint density at radius 1 is 0.635 bits per heavy atom. The van der Waals surface area contributed by atoms with Crippen molar-refractivity contribution in [2.75, 3.05) is 32.8 Å². The highest BCUT2D eigenvalue weighted by Crippen LogP contribution is 2.41. The maximum Gasteiger partial charge on any atom is 0.407 e. The lowest BCUT2D eigenvalue weighted by Crippen LogP contribution is -2.56. The zero-order valence-electron chi connectivity index (χ0n) is 60.7. The molecule has 7 atom stereocenters. The van der Waals surface area contributed by atoms with Gasteiger partial charge in [0.15, 0.2) is 0 Å². The highest BCUT2D eigenvalue weighted by atomic mass is 28.3. The van der Waals surface area contributed by atoms with Crippen LogP contribution in [-0.2, 0) is 81.9 Å². The molecule has 0 saturated heterocycles. The topological polar surface area (TPSA) is 366 Å². The second kappa shape index (κ2) is 41.7. The molecule has 0 fully saturated rings. The zero-order chi connectivity index (χ0) is 76.7. The van der Waals surface area contributed by atoms with Crippen LogP contribution in [0, 0.1) is 17.0 Å². The Morgan fingerprint density at radius 2 is 1.22 bits per heavy atom. The fourth-order valence-electron chi connectivity index (χ4n) is 11.0. The summed E-state index contributed by atoms with van der Waals surface area (Å²) in [5.41, 5.74) is 7.44. The molecule has 0 aliphatic rings. The quantitative estimate of drug-likeness (QED) is 0.00849. The number of unbranched alkanes of at least 4 members (excludes halogenated alkanes) is 1. The summed E-state index contributed by atoms with van der Waals surface area (Å²) in [7, 11) is -1.42. The molecule has 564 valence electrons. The van der Waals surface area contributed by atoms with Crippen molar-refractivity contribution in [2.24, 2.45) is 11.1 Å². The van der Waals surface area contributed by atoms with E-state index in [-0.39, 0.29) is 75.4 Å². The molecular formula is C75H101F2N11O15Si. The predicted molar refractivity (Wildman–Crippen MR) is 388 cm³/mol. The number of rotatable bonds is 42. The third-order valence-corrected chi connectivity index (χ3v) is 18.3. The molecule has 11 N–H and O–H groups in total. The number of primary amides is 1. The van der Waals surface area contributed by atoms with Crippen molar-refractivity contribution in [3.05, 3.63) is 168 Å². The monoisotopic (exact) mass is 1460 g/mol. The van der Waals surface area contributed by atoms with Gasteiger partial charge in [-0.05, 0) is 98.4 Å². The Kier molecular flexibility index (Phi) is 33.8. The highest BCUT2D eigenvalue weighted by Gasteiger charge is 2.39. The number of nitrogens with zero attached hydrogens (tertiary/aromatic N) is 2. The number of carbonyl (C=O) groups is 11. The van der Waals surface area contributed by atoms with Crippen LogP contribution in [-0.4, -0.2) is 157 Å². The first-order valence-electron chi connectivity index (χ1n) is 34.6. The minimum absolute atomic E-state index is 0.0354. The third kappa shape index (κ3) is 29.6. The smallest absolute Gasteiger partial charge is 0.407 e. The van der Waals surface area contributed by atoms with Gasteiger partial charge in [-0.1, -0.05) is 138 Å². The average molecular weight is 1460 g/mol. The molecule has 0 aliphatic heterocycles. The average Bonchev–Trinajstić information content (AvgIpc) is 1.64. The van der Waals surface area contributed by atoms with Crippen LogP contribution in [0.4, 0.5) is 13.6 Å². The molecule has 0 saturated carbocycles. The second-order valence-corrected chi connectivity index (χ2v) is 33.3. The molecule has 5 rings (SSSR count). The number of nitrogens with two attached hydrogens (primary N) is 1. The van der Waals surface area contributed by atoms with Gasteiger partial charge >= 0.3 is 18.0 Å². The van der Waals surface area contributed by atoms with Crippen LogP contribution in [0.15, 0.2) is 134 Å². The summed E-state index contributed by atoms with van der Waals surface area (Å²) in [6.45, 7) is 18.7. The number of amides is 9. The Hall–Kier alpha value is -10.3. The van der Waals surface area contributed by atoms with Crippen LogP contribution in [0.5, 0.6) is 0 Å². The molecule has 4 aromatic carbocycles. The Labute approximate surface area is 607 Å². The van der Waals surface area contributed by atoms with Crippen molar-refractivity contribution >= 4 is 73.4 Å². The SMILES string of the molecule is C=C(N[C@@H](CCN(C(=O)CO)[C@@H](c1cc(-c2cc(F)ccc2F)cn1Cc1ccccc1)C(C)(C)C)C(=O)NCCC(=O)N[C@@H](CCC(=O)OCc1ccccc1)C(=O)OCc1ccccc1)[C@H](CC(N)=O)NC(=O)[C@H](C)NC(=O)[C@H](C)NC(=O)[C@H](CCCCNC(=O)OCC[Si](C)(C)C)NC(C)=O. The molecule has 104 heavy (non-hydrogen) atoms. The second-order valence-electron chi connectivity index (χ2n) is 27.7. The first kappa shape index (κ1) is 84.4. The lowest BCUT2D eigenvalue weighted by Gasteiger charge is -2.41. The lowest BCUT2D eigenvalue weighted by molar-refractivity contribution is -0.150. The number of alkyl carbamates (subject to hydrolysis) is 1. The maximum atomic E-state index is 15.6. The normalized spacial score (nSPS) is 13.3. The number of aromatic nitrogens is 1. The minimum Gasteiger partial charge on any atom is -0.461 e. The first-order valence-corrected chi connectivity index (χ1v) is 38.3. The van der Waals surface area contributed by atoms with Gasteiger partial charge in [-0.3, -0.25) is 43.2 Å². The first-order chi connectivity index (χ1) is 49.2. The lowest BCUT2D eigenvalue weighted by atomic mass is 9.82. The number of carbonyl (C=O) groups excluding carboxylic acids is 11. The van der Waals surface area contributed by atoms with Gasteiger partial charge < -0.3 is 77.1 Å². The van der Waals surface area contributed by atoms with E-state index in [0.717, 1.165) is 35.4 Å². The zero-order valence-corrected chi connectivity index (χ0v) is 61.7. The predicted octanol–water partition coefficient (Wildman–Crippen LogP) is 6.62. The van der Waals surface area contributed by atoms with Crippen LogP contribution in [0.25, 0.3) is 11.1 Å². The van der Waals surface area contributed by atoms with Crippen molar-refractivity contribution in [2.45, 2.75) is 181 Å². The van der Waals surface area contributed by atoms with E-state index in [4.69, 9.17) is 19.9 Å². The number of halogens is 2. The number of aliphatic hydroxyl groups excluding tert-OH is 1. The summed E-state index contributed by atoms with van der Waals surface area (Å²) >= 11 is 0. The van der Waals surface area contributed by atoms with E-state index >= 15 is 4.39 Å². The number of hydrogen-bond donors (Lipinski definition) is 10. The molecule has 1 heterocycles. The molecule has 5 aromatic rings. The Balaban J connectivity index is 1.39. The van der Waals surface area contributed by atoms with E-state index in [1.165, 1.54) is 25.7 Å². The molecule has 29 heteroatoms. The Bertz CT molecular complexity index is 3720. The van der Waals surface area contributed by atoms with Crippen molar-refractivity contribution in [3.63, 3.8) is 0 Å². The molecule has 9 amide bonds. The largest absolute Gasteiger partial charge is 0.461 e. The summed E-state index contributed by atoms with van der Waals surface area (Å²) in [4.78, 5) is 149. The van der Waals surface area contributed by atoms with Gasteiger partial charge in [0.05, 0.1) is 25.1 Å². The molecule has 26 nitrogen and oxygen atoms in total. The van der Waals surface area contributed by atoms with Gasteiger partial charge in [-0.2, -0.15) is 0 Å². The summed E-state index contributed by atoms with van der Waals surface area (Å²) in [5, 5.41) is 31.9. The van der Waals surface area contributed by atoms with Gasteiger partial charge in [-0.15, -0.1) is 0 Å². The summed E-state index contributed by atoms with van der Waals surface area (Å²) in [5.74, 6) is -9.21. The van der Waals surface area contributed by atoms with Gasteiger partial charge in [0.1, 0.15) is 61.7 Å². The summed E-state index contributed by atoms with van der Waals surface area (Å²) in [6, 6.07) is 23.4. The van der Waals surface area contributed by atoms with Gasteiger partial charge in [0.25, 0.3) is 0 Å². The molecular weight excluding hydrogens is 1360 g/mol. The standard InChI is InChI=1S/C75H101F2N11O15Si/c1-48(62(42-64(78)91)86-70(96)50(3)82-69(95)49(2)83-72(98)59(84-51(4)90)28-20-21-35-80-74(100)101-38-39-104(8,9)10)81-60(71(97)79-36-33-65(92)85-61(73(99)103-47-54-26-18-13-19-27-54)31-32-67(94)102-46-53-24-16-12-17-25-53)34-37-88(66(93)45-89)68(75(5,6)7)63-40-55(57-41-56(76)29-30-58(57)77)44-87(63)43-52-22-14-11-15-23-52/h11-19,22-27,29-30,40-41,44,49-50,59-62,68,81,89H,1,20-21,28,31-39,42-43,45-47H2,2-10H3,(H2,78,91)(H,79,97)(H,80,100)(H,82,95)(H,83,98)(H,84,90)(H,85,92)(H,86,96)/t49-,50-,59-,60-,61-,62-,68-/m0/s1. The van der Waals surface area contributed by atoms with Gasteiger partial charge in [0.2, 0.25) is 47.3 Å². The number of benzene rings is 4. The fourth-order valence-corrected chi connectivity index (χ4v) is 11.7. The maximum absolute atomic E-state index is 15.6. The van der Waals surface area contributed by atoms with Gasteiger partial charge in [-0.25, -0.2) is 18.4 Å². The molecule has 0 spiro atoms. The van der Waals surface area contributed by atoms with Crippen molar-refractivity contribution in [1.82, 2.24) is 52.0 Å². The van der Waals surface area contributed by atoms with Crippen LogP contribution in [0.1, 0.15) is 121 Å². The third-order valence-electron chi connectivity index (χ3n) is 16.6. The Morgan fingerprint density at radius 3 is 1.81 bits per heavy atom. The highest BCUT2D eigenvalue weighted by molar-refractivity contribution is 6.76. The van der Waals surface area contributed by atoms with E-state index in [9.17, 15) is 62.2 Å². The number of hydrogen-bond acceptors (Lipinski definition) is 16. The summed E-state index contributed by atoms with van der Waals surface area (Å²) in [6.07, 6.45) is 0.0907. The van der Waals surface area contributed by atoms with Crippen molar-refractivity contribution < 1.29 is 80.8 Å².